The number of carbonyl (C=O) groups excluding carboxylic acids is 1. The van der Waals surface area contributed by atoms with Crippen LogP contribution in [-0.4, -0.2) is 46.9 Å². The van der Waals surface area contributed by atoms with Gasteiger partial charge in [0.15, 0.2) is 0 Å². The lowest BCUT2D eigenvalue weighted by Crippen LogP contribution is -2.47. The zero-order valence-corrected chi connectivity index (χ0v) is 13.5. The van der Waals surface area contributed by atoms with E-state index in [2.05, 4.69) is 10.4 Å². The van der Waals surface area contributed by atoms with E-state index in [1.165, 1.54) is 0 Å². The lowest BCUT2D eigenvalue weighted by atomic mass is 9.63. The van der Waals surface area contributed by atoms with Gasteiger partial charge in [0.05, 0.1) is 24.9 Å². The first-order valence-electron chi connectivity index (χ1n) is 8.27. The molecule has 1 aromatic rings. The minimum absolute atomic E-state index is 0.00750. The molecular weight excluding hydrogens is 298 g/mol. The van der Waals surface area contributed by atoms with E-state index in [0.29, 0.717) is 0 Å². The number of hydrogen-bond donors (Lipinski definition) is 2. The van der Waals surface area contributed by atoms with E-state index < -0.39 is 6.09 Å². The molecule has 2 heterocycles. The van der Waals surface area contributed by atoms with Crippen LogP contribution in [0.15, 0.2) is 12.4 Å². The standard InChI is InChI=1S/C16H25N3O4/c1-19-9-12(8-17-19)14(16(11-20)5-3-6-16)18-15(21)23-10-13-4-2-7-22-13/h8-9,13-14,20H,2-7,10-11H2,1H3,(H,18,21). The van der Waals surface area contributed by atoms with Crippen LogP contribution in [0.3, 0.4) is 0 Å². The van der Waals surface area contributed by atoms with E-state index in [0.717, 1.165) is 44.3 Å². The summed E-state index contributed by atoms with van der Waals surface area (Å²) in [6, 6.07) is -0.285. The number of aromatic nitrogens is 2. The maximum atomic E-state index is 12.2. The van der Waals surface area contributed by atoms with Gasteiger partial charge >= 0.3 is 6.09 Å². The SMILES string of the molecule is Cn1cc(C(NC(=O)OCC2CCCO2)C2(CO)CCC2)cn1. The summed E-state index contributed by atoms with van der Waals surface area (Å²) in [7, 11) is 1.84. The van der Waals surface area contributed by atoms with Gasteiger partial charge in [0.2, 0.25) is 0 Å². The van der Waals surface area contributed by atoms with Crippen molar-refractivity contribution in [1.29, 1.82) is 0 Å². The summed E-state index contributed by atoms with van der Waals surface area (Å²) in [5.41, 5.74) is 0.585. The van der Waals surface area contributed by atoms with Crippen molar-refractivity contribution in [2.45, 2.75) is 44.2 Å². The Labute approximate surface area is 136 Å². The van der Waals surface area contributed by atoms with Crippen molar-refractivity contribution in [2.75, 3.05) is 19.8 Å². The van der Waals surface area contributed by atoms with Crippen molar-refractivity contribution in [2.24, 2.45) is 12.5 Å². The van der Waals surface area contributed by atoms with E-state index in [9.17, 15) is 9.90 Å². The van der Waals surface area contributed by atoms with Crippen LogP contribution in [0, 0.1) is 5.41 Å². The molecule has 2 atom stereocenters. The summed E-state index contributed by atoms with van der Waals surface area (Å²) in [5.74, 6) is 0. The van der Waals surface area contributed by atoms with Gasteiger partial charge in [-0.1, -0.05) is 6.42 Å². The largest absolute Gasteiger partial charge is 0.447 e. The summed E-state index contributed by atoms with van der Waals surface area (Å²) < 4.78 is 12.5. The number of amides is 1. The van der Waals surface area contributed by atoms with Crippen LogP contribution in [-0.2, 0) is 16.5 Å². The average molecular weight is 323 g/mol. The maximum Gasteiger partial charge on any atom is 0.407 e. The molecule has 2 aliphatic rings. The van der Waals surface area contributed by atoms with Crippen molar-refractivity contribution in [3.05, 3.63) is 18.0 Å². The molecule has 1 aliphatic carbocycles. The fourth-order valence-electron chi connectivity index (χ4n) is 3.45. The van der Waals surface area contributed by atoms with Gasteiger partial charge in [0.25, 0.3) is 0 Å². The highest BCUT2D eigenvalue weighted by Crippen LogP contribution is 2.49. The lowest BCUT2D eigenvalue weighted by Gasteiger charge is -2.46. The third-order valence-electron chi connectivity index (χ3n) is 5.02. The van der Waals surface area contributed by atoms with Crippen LogP contribution in [0.5, 0.6) is 0 Å². The predicted octanol–water partition coefficient (Wildman–Crippen LogP) is 1.53. The van der Waals surface area contributed by atoms with E-state index in [1.54, 1.807) is 10.9 Å². The van der Waals surface area contributed by atoms with Crippen LogP contribution in [0.25, 0.3) is 0 Å². The number of aryl methyl sites for hydroxylation is 1. The van der Waals surface area contributed by atoms with E-state index in [1.807, 2.05) is 13.2 Å². The molecule has 1 aromatic heterocycles. The first kappa shape index (κ1) is 16.3. The van der Waals surface area contributed by atoms with Crippen LogP contribution >= 0.6 is 0 Å². The second kappa shape index (κ2) is 6.88. The van der Waals surface area contributed by atoms with Crippen molar-refractivity contribution in [1.82, 2.24) is 15.1 Å². The molecule has 1 saturated heterocycles. The minimum Gasteiger partial charge on any atom is -0.447 e. The van der Waals surface area contributed by atoms with Crippen LogP contribution in [0.2, 0.25) is 0 Å². The second-order valence-electron chi connectivity index (χ2n) is 6.63. The summed E-state index contributed by atoms with van der Waals surface area (Å²) in [4.78, 5) is 12.2. The van der Waals surface area contributed by atoms with Gasteiger partial charge in [0, 0.05) is 30.8 Å². The summed E-state index contributed by atoms with van der Waals surface area (Å²) in [6.07, 6.45) is 7.93. The molecule has 7 nitrogen and oxygen atoms in total. The van der Waals surface area contributed by atoms with Gasteiger partial charge in [-0.05, 0) is 25.7 Å². The number of carbonyl (C=O) groups is 1. The average Bonchev–Trinajstić information content (AvgIpc) is 3.15. The van der Waals surface area contributed by atoms with Crippen LogP contribution in [0.1, 0.15) is 43.7 Å². The van der Waals surface area contributed by atoms with Gasteiger partial charge in [-0.15, -0.1) is 0 Å². The van der Waals surface area contributed by atoms with Crippen molar-refractivity contribution in [3.63, 3.8) is 0 Å². The number of aliphatic hydroxyl groups excluding tert-OH is 1. The Bertz CT molecular complexity index is 530. The van der Waals surface area contributed by atoms with Crippen molar-refractivity contribution >= 4 is 6.09 Å². The minimum atomic E-state index is -0.464. The Morgan fingerprint density at radius 1 is 1.61 bits per heavy atom. The molecule has 1 saturated carbocycles. The number of ether oxygens (including phenoxy) is 2. The van der Waals surface area contributed by atoms with E-state index >= 15 is 0 Å². The summed E-state index contributed by atoms with van der Waals surface area (Å²) in [5, 5.41) is 17.0. The number of hydrogen-bond acceptors (Lipinski definition) is 5. The zero-order valence-electron chi connectivity index (χ0n) is 13.5. The van der Waals surface area contributed by atoms with Crippen LogP contribution < -0.4 is 5.32 Å². The topological polar surface area (TPSA) is 85.6 Å². The molecule has 0 bridgehead atoms. The van der Waals surface area contributed by atoms with E-state index in [4.69, 9.17) is 9.47 Å². The molecule has 2 N–H and O–H groups in total. The summed E-state index contributed by atoms with van der Waals surface area (Å²) >= 11 is 0. The van der Waals surface area contributed by atoms with Crippen molar-refractivity contribution < 1.29 is 19.4 Å². The summed E-state index contributed by atoms with van der Waals surface area (Å²) in [6.45, 7) is 1.05. The van der Waals surface area contributed by atoms with Gasteiger partial charge in [0.1, 0.15) is 6.61 Å². The number of rotatable bonds is 6. The Hall–Kier alpha value is -1.60. The number of alkyl carbamates (subject to hydrolysis) is 1. The lowest BCUT2D eigenvalue weighted by molar-refractivity contribution is -0.000128. The Morgan fingerprint density at radius 2 is 2.43 bits per heavy atom. The second-order valence-corrected chi connectivity index (χ2v) is 6.63. The highest BCUT2D eigenvalue weighted by molar-refractivity contribution is 5.68. The molecule has 7 heteroatoms. The normalized spacial score (nSPS) is 24.0. The molecule has 23 heavy (non-hydrogen) atoms. The fraction of sp³-hybridized carbons (Fsp3) is 0.750. The van der Waals surface area contributed by atoms with Gasteiger partial charge in [-0.3, -0.25) is 4.68 Å². The number of nitrogens with zero attached hydrogens (tertiary/aromatic N) is 2. The molecule has 1 amide bonds. The molecule has 0 radical (unpaired) electrons. The molecule has 0 spiro atoms. The monoisotopic (exact) mass is 323 g/mol. The highest BCUT2D eigenvalue weighted by atomic mass is 16.6. The molecule has 1 aliphatic heterocycles. The van der Waals surface area contributed by atoms with Crippen molar-refractivity contribution in [3.8, 4) is 0 Å². The quantitative estimate of drug-likeness (QED) is 0.829. The van der Waals surface area contributed by atoms with E-state index in [-0.39, 0.29) is 30.8 Å². The molecule has 2 fully saturated rings. The van der Waals surface area contributed by atoms with Gasteiger partial charge in [-0.2, -0.15) is 5.10 Å². The molecule has 0 aromatic carbocycles. The fourth-order valence-corrected chi connectivity index (χ4v) is 3.45. The first-order valence-corrected chi connectivity index (χ1v) is 8.27. The van der Waals surface area contributed by atoms with Crippen LogP contribution in [0.4, 0.5) is 4.79 Å². The molecule has 128 valence electrons. The smallest absolute Gasteiger partial charge is 0.407 e. The molecular formula is C16H25N3O4. The third-order valence-corrected chi connectivity index (χ3v) is 5.02. The Morgan fingerprint density at radius 3 is 2.96 bits per heavy atom. The molecule has 2 unspecified atom stereocenters. The number of aliphatic hydroxyl groups is 1. The predicted molar refractivity (Wildman–Crippen MR) is 82.8 cm³/mol. The Balaban J connectivity index is 1.64. The first-order chi connectivity index (χ1) is 11.1. The maximum absolute atomic E-state index is 12.2. The zero-order chi connectivity index (χ0) is 16.3. The number of nitrogens with one attached hydrogen (secondary N) is 1. The highest BCUT2D eigenvalue weighted by Gasteiger charge is 2.45. The Kier molecular flexibility index (Phi) is 4.87. The van der Waals surface area contributed by atoms with Gasteiger partial charge in [-0.25, -0.2) is 4.79 Å². The third kappa shape index (κ3) is 3.50. The molecule has 3 rings (SSSR count). The van der Waals surface area contributed by atoms with Gasteiger partial charge < -0.3 is 19.9 Å².